The fraction of sp³-hybridized carbons (Fsp3) is 0.736. The summed E-state index contributed by atoms with van der Waals surface area (Å²) in [6.07, 6.45) is 50.9. The summed E-state index contributed by atoms with van der Waals surface area (Å²) < 4.78 is 80.5. The highest BCUT2D eigenvalue weighted by atomic mass is 16.6. The van der Waals surface area contributed by atoms with Crippen molar-refractivity contribution in [3.05, 3.63) is 79.5 Å². The van der Waals surface area contributed by atoms with E-state index in [4.69, 9.17) is 66.3 Å². The van der Waals surface area contributed by atoms with Gasteiger partial charge < -0.3 is 66.3 Å². The maximum atomic E-state index is 6.48. The third-order valence-corrected chi connectivity index (χ3v) is 20.0. The molecule has 14 heteroatoms. The van der Waals surface area contributed by atoms with Crippen LogP contribution < -0.4 is 47.4 Å². The monoisotopic (exact) mass is 1480 g/mol. The SMILES string of the molecule is C.CC/C(C)=C/Cc1c(C)c(C)c(OC)c(OC)c1OCCCCCCCCCCOC.CC/C(C)=C/Cc1c(C)c(OCCCCCCCCCCOC)c(OC)c(OC)c1OCCCCCCCCCCOC.COCCCCCCCCCCOc1c(C)c(CC=C(C)C)c(C)c(OC)c1OC. The van der Waals surface area contributed by atoms with Crippen molar-refractivity contribution in [3.63, 3.8) is 0 Å². The zero-order chi connectivity index (χ0) is 77.0. The molecule has 608 valence electrons. The number of unbranched alkanes of at least 4 members (excludes halogenated alkanes) is 28. The Hall–Kier alpha value is -5.28. The van der Waals surface area contributed by atoms with E-state index in [1.54, 1.807) is 71.1 Å². The molecule has 0 bridgehead atoms. The molecule has 0 unspecified atom stereocenters. The van der Waals surface area contributed by atoms with Crippen molar-refractivity contribution in [2.24, 2.45) is 0 Å². The molecule has 0 aliphatic heterocycles. The molecule has 0 amide bonds. The molecule has 3 rings (SSSR count). The summed E-state index contributed by atoms with van der Waals surface area (Å²) in [6.45, 7) is 29.9. The second-order valence-corrected chi connectivity index (χ2v) is 28.5. The van der Waals surface area contributed by atoms with E-state index in [1.807, 2.05) is 0 Å². The average Bonchev–Trinajstić information content (AvgIpc) is 0.796. The van der Waals surface area contributed by atoms with Crippen LogP contribution in [0.3, 0.4) is 0 Å². The fourth-order valence-corrected chi connectivity index (χ4v) is 13.0. The fourth-order valence-electron chi connectivity index (χ4n) is 13.0. The molecule has 0 fully saturated rings. The number of benzene rings is 3. The van der Waals surface area contributed by atoms with E-state index in [0.717, 1.165) is 152 Å². The van der Waals surface area contributed by atoms with Crippen LogP contribution in [0.15, 0.2) is 34.9 Å². The Kier molecular flexibility index (Phi) is 62.5. The van der Waals surface area contributed by atoms with Gasteiger partial charge in [-0.1, -0.05) is 210 Å². The number of methoxy groups -OCH3 is 10. The highest BCUT2D eigenvalue weighted by Crippen LogP contribution is 2.51. The zero-order valence-corrected chi connectivity index (χ0v) is 70.8. The van der Waals surface area contributed by atoms with Gasteiger partial charge in [-0.15, -0.1) is 0 Å². The van der Waals surface area contributed by atoms with Crippen LogP contribution in [0.4, 0.5) is 0 Å². The van der Waals surface area contributed by atoms with Gasteiger partial charge in [0.2, 0.25) is 23.0 Å². The quantitative estimate of drug-likeness (QED) is 0.0393. The maximum Gasteiger partial charge on any atom is 0.207 e. The molecule has 105 heavy (non-hydrogen) atoms. The van der Waals surface area contributed by atoms with Crippen LogP contribution in [0.5, 0.6) is 57.5 Å². The molecule has 14 nitrogen and oxygen atoms in total. The van der Waals surface area contributed by atoms with Gasteiger partial charge in [0, 0.05) is 71.6 Å². The molecule has 0 saturated carbocycles. The van der Waals surface area contributed by atoms with Gasteiger partial charge in [-0.3, -0.25) is 0 Å². The topological polar surface area (TPSA) is 129 Å². The van der Waals surface area contributed by atoms with Gasteiger partial charge in [-0.25, -0.2) is 0 Å². The minimum Gasteiger partial charge on any atom is -0.492 e. The molecule has 0 aliphatic carbocycles. The summed E-state index contributed by atoms with van der Waals surface area (Å²) in [6, 6.07) is 0. The third kappa shape index (κ3) is 41.2. The molecular weight excluding hydrogens is 1320 g/mol. The minimum absolute atomic E-state index is 0. The minimum atomic E-state index is 0. The summed E-state index contributed by atoms with van der Waals surface area (Å²) in [4.78, 5) is 0. The number of ether oxygens (including phenoxy) is 14. The van der Waals surface area contributed by atoms with Crippen molar-refractivity contribution in [1.82, 2.24) is 0 Å². The predicted molar refractivity (Wildman–Crippen MR) is 445 cm³/mol. The average molecular weight is 1480 g/mol. The van der Waals surface area contributed by atoms with E-state index in [1.165, 1.54) is 213 Å². The first-order chi connectivity index (χ1) is 50.5. The molecule has 0 heterocycles. The first kappa shape index (κ1) is 99.7. The summed E-state index contributed by atoms with van der Waals surface area (Å²) in [5, 5.41) is 0. The smallest absolute Gasteiger partial charge is 0.207 e. The van der Waals surface area contributed by atoms with Crippen LogP contribution >= 0.6 is 0 Å². The maximum absolute atomic E-state index is 6.48. The largest absolute Gasteiger partial charge is 0.492 e. The van der Waals surface area contributed by atoms with Crippen molar-refractivity contribution in [2.75, 3.05) is 124 Å². The number of hydrogen-bond donors (Lipinski definition) is 0. The van der Waals surface area contributed by atoms with Crippen molar-refractivity contribution in [2.45, 2.75) is 321 Å². The molecule has 3 aromatic carbocycles. The molecule has 0 radical (unpaired) electrons. The van der Waals surface area contributed by atoms with E-state index in [2.05, 4.69) is 94.4 Å². The van der Waals surface area contributed by atoms with Crippen molar-refractivity contribution >= 4 is 0 Å². The van der Waals surface area contributed by atoms with Crippen molar-refractivity contribution in [1.29, 1.82) is 0 Å². The van der Waals surface area contributed by atoms with Gasteiger partial charge in [-0.2, -0.15) is 0 Å². The van der Waals surface area contributed by atoms with E-state index in [0.29, 0.717) is 43.7 Å². The second kappa shape index (κ2) is 65.8. The highest BCUT2D eigenvalue weighted by Gasteiger charge is 2.27. The van der Waals surface area contributed by atoms with Gasteiger partial charge in [0.05, 0.1) is 69.1 Å². The lowest BCUT2D eigenvalue weighted by molar-refractivity contribution is 0.192. The van der Waals surface area contributed by atoms with Gasteiger partial charge in [0.1, 0.15) is 0 Å². The summed E-state index contributed by atoms with van der Waals surface area (Å²) in [7, 11) is 17.3. The summed E-state index contributed by atoms with van der Waals surface area (Å²) >= 11 is 0. The Morgan fingerprint density at radius 2 is 0.438 bits per heavy atom. The highest BCUT2D eigenvalue weighted by molar-refractivity contribution is 5.68. The van der Waals surface area contributed by atoms with Crippen LogP contribution in [-0.4, -0.2) is 124 Å². The lowest BCUT2D eigenvalue weighted by atomic mass is 9.96. The van der Waals surface area contributed by atoms with Gasteiger partial charge >= 0.3 is 0 Å². The van der Waals surface area contributed by atoms with Gasteiger partial charge in [0.25, 0.3) is 0 Å². The molecule has 0 spiro atoms. The summed E-state index contributed by atoms with van der Waals surface area (Å²) in [5.74, 6) is 7.54. The third-order valence-electron chi connectivity index (χ3n) is 20.0. The Bertz CT molecular complexity index is 2740. The van der Waals surface area contributed by atoms with Crippen LogP contribution in [0.2, 0.25) is 0 Å². The number of allylic oxidation sites excluding steroid dienone is 6. The Morgan fingerprint density at radius 1 is 0.229 bits per heavy atom. The molecule has 3 aromatic rings. The van der Waals surface area contributed by atoms with Crippen LogP contribution in [0.1, 0.15) is 312 Å². The van der Waals surface area contributed by atoms with E-state index in [9.17, 15) is 0 Å². The Morgan fingerprint density at radius 3 is 0.714 bits per heavy atom. The Balaban J connectivity index is 0.00000157. The normalized spacial score (nSPS) is 11.3. The number of rotatable bonds is 62. The predicted octanol–water partition coefficient (Wildman–Crippen LogP) is 25.2. The first-order valence-corrected chi connectivity index (χ1v) is 40.7. The van der Waals surface area contributed by atoms with Gasteiger partial charge in [-0.05, 0) is 174 Å². The lowest BCUT2D eigenvalue weighted by Gasteiger charge is -2.23. The molecule has 0 aliphatic rings. The zero-order valence-electron chi connectivity index (χ0n) is 70.8. The first-order valence-electron chi connectivity index (χ1n) is 40.7. The van der Waals surface area contributed by atoms with Gasteiger partial charge in [0.15, 0.2) is 34.5 Å². The summed E-state index contributed by atoms with van der Waals surface area (Å²) in [5.41, 5.74) is 13.4. The molecule has 0 aromatic heterocycles. The molecule has 0 atom stereocenters. The molecule has 0 N–H and O–H groups in total. The van der Waals surface area contributed by atoms with Crippen LogP contribution in [0, 0.1) is 34.6 Å². The molecular formula is C91H160O14. The van der Waals surface area contributed by atoms with E-state index >= 15 is 0 Å². The second-order valence-electron chi connectivity index (χ2n) is 28.5. The van der Waals surface area contributed by atoms with Crippen LogP contribution in [0.25, 0.3) is 0 Å². The van der Waals surface area contributed by atoms with Crippen molar-refractivity contribution < 1.29 is 66.3 Å². The Labute approximate surface area is 645 Å². The molecule has 0 saturated heterocycles. The van der Waals surface area contributed by atoms with E-state index in [-0.39, 0.29) is 7.43 Å². The van der Waals surface area contributed by atoms with Crippen LogP contribution in [-0.2, 0) is 38.2 Å². The van der Waals surface area contributed by atoms with Crippen molar-refractivity contribution in [3.8, 4) is 57.5 Å². The van der Waals surface area contributed by atoms with E-state index < -0.39 is 0 Å². The number of hydrogen-bond acceptors (Lipinski definition) is 14. The standard InChI is InChI=1S/C37H66O6.C27H46O4.C26H44O4.CH4/c1-8-31(2)25-26-33-32(3)34(42-29-23-19-15-11-9-13-17-21-27-38-4)36(40-6)37(41-7)35(33)43-30-24-20-16-12-10-14-18-22-28-39-5;1-8-21(2)17-18-24-22(3)23(4)25(29-6)27(30-7)26(24)31-20-16-14-12-10-9-11-13-15-19-28-5;1-20(2)16-17-23-21(3)24(28-6)26(29-7)25(22(23)4)30-19-15-13-11-9-8-10-12-14-18-27-5;/h25H,8-24,26-30H2,1-7H3;17H,8-16,18-20H2,1-7H3;16H,8-15,17-19H2,1-7H3;1H4/b31-25+;21-17+;;. The lowest BCUT2D eigenvalue weighted by Crippen LogP contribution is -2.09.